The Morgan fingerprint density at radius 3 is 2.60 bits per heavy atom. The Balaban J connectivity index is 1.74. The van der Waals surface area contributed by atoms with E-state index in [9.17, 15) is 9.59 Å². The van der Waals surface area contributed by atoms with Crippen LogP contribution in [0.4, 0.5) is 11.4 Å². The summed E-state index contributed by atoms with van der Waals surface area (Å²) in [6, 6.07) is 7.19. The molecule has 1 saturated heterocycles. The minimum Gasteiger partial charge on any atom is -0.370 e. The molecule has 3 aromatic rings. The number of imidazole rings is 1. The molecule has 4 rings (SSSR count). The first-order valence-electron chi connectivity index (χ1n) is 8.43. The van der Waals surface area contributed by atoms with Crippen LogP contribution in [0.25, 0.3) is 11.0 Å². The number of hydrogen-bond acceptors (Lipinski definition) is 4. The lowest BCUT2D eigenvalue weighted by Gasteiger charge is -2.30. The molecule has 0 unspecified atom stereocenters. The number of aromatic nitrogens is 3. The summed E-state index contributed by atoms with van der Waals surface area (Å²) in [4.78, 5) is 35.9. The Morgan fingerprint density at radius 2 is 1.88 bits per heavy atom. The van der Waals surface area contributed by atoms with Crippen molar-refractivity contribution >= 4 is 28.3 Å². The highest BCUT2D eigenvalue weighted by atomic mass is 16.2. The summed E-state index contributed by atoms with van der Waals surface area (Å²) in [5.74, 6) is -0.219. The van der Waals surface area contributed by atoms with Gasteiger partial charge in [0, 0.05) is 25.5 Å². The molecule has 128 valence electrons. The van der Waals surface area contributed by atoms with E-state index in [0.717, 1.165) is 37.1 Å². The van der Waals surface area contributed by atoms with Crippen molar-refractivity contribution in [1.82, 2.24) is 15.0 Å². The van der Waals surface area contributed by atoms with Crippen LogP contribution in [0.15, 0.2) is 41.5 Å². The van der Waals surface area contributed by atoms with E-state index in [1.54, 1.807) is 18.3 Å². The Morgan fingerprint density at radius 1 is 1.12 bits per heavy atom. The molecule has 0 saturated carbocycles. The van der Waals surface area contributed by atoms with Gasteiger partial charge in [-0.3, -0.25) is 9.78 Å². The van der Waals surface area contributed by atoms with E-state index < -0.39 is 0 Å². The van der Waals surface area contributed by atoms with Crippen LogP contribution in [0.2, 0.25) is 0 Å². The summed E-state index contributed by atoms with van der Waals surface area (Å²) in [6.07, 6.45) is 6.63. The Bertz CT molecular complexity index is 955. The Hall–Kier alpha value is -3.09. The van der Waals surface area contributed by atoms with Gasteiger partial charge in [-0.05, 0) is 43.5 Å². The van der Waals surface area contributed by atoms with Gasteiger partial charge in [0.25, 0.3) is 5.91 Å². The van der Waals surface area contributed by atoms with Crippen molar-refractivity contribution in [3.05, 3.63) is 52.7 Å². The first-order valence-corrected chi connectivity index (χ1v) is 8.43. The van der Waals surface area contributed by atoms with Gasteiger partial charge in [0.2, 0.25) is 0 Å². The summed E-state index contributed by atoms with van der Waals surface area (Å²) >= 11 is 0. The topological polar surface area (TPSA) is 93.9 Å². The van der Waals surface area contributed by atoms with E-state index in [2.05, 4.69) is 25.2 Å². The number of benzene rings is 1. The second-order valence-electron chi connectivity index (χ2n) is 6.24. The smallest absolute Gasteiger partial charge is 0.323 e. The second-order valence-corrected chi connectivity index (χ2v) is 6.24. The highest BCUT2D eigenvalue weighted by Gasteiger charge is 2.18. The van der Waals surface area contributed by atoms with E-state index in [1.807, 2.05) is 12.1 Å². The number of nitrogens with zero attached hydrogens (tertiary/aromatic N) is 2. The molecule has 7 heteroatoms. The number of carbonyl (C=O) groups is 1. The van der Waals surface area contributed by atoms with Crippen molar-refractivity contribution in [3.8, 4) is 0 Å². The predicted octanol–water partition coefficient (Wildman–Crippen LogP) is 2.49. The van der Waals surface area contributed by atoms with Crippen LogP contribution in [0.3, 0.4) is 0 Å². The highest BCUT2D eigenvalue weighted by molar-refractivity contribution is 6.07. The number of hydrogen-bond donors (Lipinski definition) is 3. The number of fused-ring (bicyclic) bond motifs is 1. The molecule has 0 bridgehead atoms. The number of amides is 1. The average molecular weight is 337 g/mol. The lowest BCUT2D eigenvalue weighted by atomic mass is 10.1. The highest BCUT2D eigenvalue weighted by Crippen LogP contribution is 2.32. The van der Waals surface area contributed by atoms with Crippen LogP contribution in [-0.2, 0) is 0 Å². The lowest BCUT2D eigenvalue weighted by Crippen LogP contribution is -2.30. The normalized spacial score (nSPS) is 14.6. The van der Waals surface area contributed by atoms with Crippen molar-refractivity contribution in [3.63, 3.8) is 0 Å². The monoisotopic (exact) mass is 337 g/mol. The van der Waals surface area contributed by atoms with Crippen molar-refractivity contribution < 1.29 is 4.79 Å². The molecule has 1 amide bonds. The zero-order valence-electron chi connectivity index (χ0n) is 13.7. The maximum Gasteiger partial charge on any atom is 0.323 e. The van der Waals surface area contributed by atoms with Crippen LogP contribution in [-0.4, -0.2) is 33.9 Å². The van der Waals surface area contributed by atoms with Gasteiger partial charge in [-0.2, -0.15) is 0 Å². The zero-order chi connectivity index (χ0) is 17.2. The minimum atomic E-state index is -0.254. The molecular formula is C18H19N5O2. The summed E-state index contributed by atoms with van der Waals surface area (Å²) in [5, 5.41) is 2.97. The van der Waals surface area contributed by atoms with Crippen molar-refractivity contribution in [1.29, 1.82) is 0 Å². The molecule has 25 heavy (non-hydrogen) atoms. The molecule has 2 aromatic heterocycles. The SMILES string of the molecule is O=C(Nc1cc2[nH]c(=O)[nH]c2cc1N1CCCCC1)c1cccnc1. The minimum absolute atomic E-state index is 0.219. The molecule has 1 aliphatic heterocycles. The van der Waals surface area contributed by atoms with Crippen LogP contribution < -0.4 is 15.9 Å². The summed E-state index contributed by atoms with van der Waals surface area (Å²) in [6.45, 7) is 1.88. The van der Waals surface area contributed by atoms with E-state index in [4.69, 9.17) is 0 Å². The van der Waals surface area contributed by atoms with Crippen LogP contribution in [0, 0.1) is 0 Å². The molecule has 1 aliphatic rings. The number of pyridine rings is 1. The van der Waals surface area contributed by atoms with Crippen LogP contribution in [0.1, 0.15) is 29.6 Å². The van der Waals surface area contributed by atoms with Crippen molar-refractivity contribution in [2.75, 3.05) is 23.3 Å². The molecular weight excluding hydrogens is 318 g/mol. The lowest BCUT2D eigenvalue weighted by molar-refractivity contribution is 0.102. The average Bonchev–Trinajstić information content (AvgIpc) is 3.01. The number of rotatable bonds is 3. The van der Waals surface area contributed by atoms with Gasteiger partial charge >= 0.3 is 5.69 Å². The fraction of sp³-hybridized carbons (Fsp3) is 0.278. The molecule has 7 nitrogen and oxygen atoms in total. The van der Waals surface area contributed by atoms with Gasteiger partial charge in [0.1, 0.15) is 0 Å². The van der Waals surface area contributed by atoms with E-state index in [1.165, 1.54) is 12.6 Å². The maximum atomic E-state index is 12.5. The van der Waals surface area contributed by atoms with Gasteiger partial charge in [0.15, 0.2) is 0 Å². The first-order chi connectivity index (χ1) is 12.2. The third-order valence-corrected chi connectivity index (χ3v) is 4.50. The maximum absolute atomic E-state index is 12.5. The Labute approximate surface area is 144 Å². The summed E-state index contributed by atoms with van der Waals surface area (Å²) < 4.78 is 0. The number of carbonyl (C=O) groups excluding carboxylic acids is 1. The number of nitrogens with one attached hydrogen (secondary N) is 3. The number of H-pyrrole nitrogens is 2. The summed E-state index contributed by atoms with van der Waals surface area (Å²) in [7, 11) is 0. The third-order valence-electron chi connectivity index (χ3n) is 4.50. The van der Waals surface area contributed by atoms with Crippen molar-refractivity contribution in [2.24, 2.45) is 0 Å². The first kappa shape index (κ1) is 15.4. The van der Waals surface area contributed by atoms with Gasteiger partial charge in [-0.1, -0.05) is 0 Å². The molecule has 3 N–H and O–H groups in total. The van der Waals surface area contributed by atoms with Gasteiger partial charge in [-0.25, -0.2) is 4.79 Å². The van der Waals surface area contributed by atoms with E-state index in [0.29, 0.717) is 16.8 Å². The van der Waals surface area contributed by atoms with Gasteiger partial charge in [0.05, 0.1) is 28.0 Å². The van der Waals surface area contributed by atoms with Crippen LogP contribution >= 0.6 is 0 Å². The van der Waals surface area contributed by atoms with E-state index >= 15 is 0 Å². The molecule has 0 spiro atoms. The molecule has 0 atom stereocenters. The quantitative estimate of drug-likeness (QED) is 0.684. The second kappa shape index (κ2) is 6.43. The fourth-order valence-corrected chi connectivity index (χ4v) is 3.26. The fourth-order valence-electron chi connectivity index (χ4n) is 3.26. The summed E-state index contributed by atoms with van der Waals surface area (Å²) in [5.41, 5.74) is 3.28. The van der Waals surface area contributed by atoms with E-state index in [-0.39, 0.29) is 11.6 Å². The predicted molar refractivity (Wildman–Crippen MR) is 97.2 cm³/mol. The third kappa shape index (κ3) is 3.13. The largest absolute Gasteiger partial charge is 0.370 e. The molecule has 0 aliphatic carbocycles. The molecule has 1 fully saturated rings. The zero-order valence-corrected chi connectivity index (χ0v) is 13.7. The number of piperidine rings is 1. The van der Waals surface area contributed by atoms with Crippen molar-refractivity contribution in [2.45, 2.75) is 19.3 Å². The molecule has 0 radical (unpaired) electrons. The van der Waals surface area contributed by atoms with Gasteiger partial charge in [-0.15, -0.1) is 0 Å². The molecule has 3 heterocycles. The standard InChI is InChI=1S/C18H19N5O2/c24-17(12-5-4-6-19-11-12)20-15-9-13-14(22-18(25)21-13)10-16(15)23-7-2-1-3-8-23/h4-6,9-11H,1-3,7-8H2,(H,20,24)(H2,21,22,25). The van der Waals surface area contributed by atoms with Gasteiger partial charge < -0.3 is 20.2 Å². The molecule has 1 aromatic carbocycles. The number of aromatic amines is 2. The Kier molecular flexibility index (Phi) is 3.97. The van der Waals surface area contributed by atoms with Crippen LogP contribution in [0.5, 0.6) is 0 Å². The number of anilines is 2.